The standard InChI is InChI=1S/C46H29N5S/c1-3-11-31(12-4-1)43-42-41(34-13-9-25-47-28-34)44(35-14-10-26-48-29-35)52-45(42)37-24-23-33(27-39(37)49-43)30-19-21-32(22-20-30)46-50-38-17-7-8-18-40(38)51(46)36-15-5-2-6-16-36/h1-29H. The van der Waals surface area contributed by atoms with E-state index >= 15 is 0 Å². The quantitative estimate of drug-likeness (QED) is 0.175. The summed E-state index contributed by atoms with van der Waals surface area (Å²) in [6.07, 6.45) is 7.53. The fourth-order valence-corrected chi connectivity index (χ4v) is 8.53. The van der Waals surface area contributed by atoms with Gasteiger partial charge in [0.05, 0.1) is 22.2 Å². The molecule has 0 fully saturated rings. The zero-order chi connectivity index (χ0) is 34.4. The molecule has 10 rings (SSSR count). The van der Waals surface area contributed by atoms with E-state index in [4.69, 9.17) is 9.97 Å². The van der Waals surface area contributed by atoms with Crippen LogP contribution >= 0.6 is 11.3 Å². The van der Waals surface area contributed by atoms with E-state index in [9.17, 15) is 0 Å². The highest BCUT2D eigenvalue weighted by atomic mass is 32.1. The molecule has 5 nitrogen and oxygen atoms in total. The van der Waals surface area contributed by atoms with Gasteiger partial charge in [-0.15, -0.1) is 11.3 Å². The maximum Gasteiger partial charge on any atom is 0.145 e. The van der Waals surface area contributed by atoms with E-state index in [1.807, 2.05) is 49.1 Å². The van der Waals surface area contributed by atoms with Crippen LogP contribution in [0, 0.1) is 0 Å². The van der Waals surface area contributed by atoms with E-state index in [1.165, 1.54) is 4.70 Å². The Labute approximate surface area is 304 Å². The summed E-state index contributed by atoms with van der Waals surface area (Å²) in [7, 11) is 0. The predicted octanol–water partition coefficient (Wildman–Crippen LogP) is 11.9. The Morgan fingerprint density at radius 2 is 1.13 bits per heavy atom. The molecule has 244 valence electrons. The smallest absolute Gasteiger partial charge is 0.145 e. The van der Waals surface area contributed by atoms with Crippen molar-refractivity contribution in [3.05, 3.63) is 176 Å². The predicted molar refractivity (Wildman–Crippen MR) is 215 cm³/mol. The Morgan fingerprint density at radius 1 is 0.481 bits per heavy atom. The minimum absolute atomic E-state index is 0.917. The van der Waals surface area contributed by atoms with Gasteiger partial charge in [-0.3, -0.25) is 14.5 Å². The van der Waals surface area contributed by atoms with Crippen LogP contribution in [0.3, 0.4) is 0 Å². The van der Waals surface area contributed by atoms with Crippen molar-refractivity contribution in [2.24, 2.45) is 0 Å². The molecule has 5 aromatic carbocycles. The van der Waals surface area contributed by atoms with E-state index in [2.05, 4.69) is 142 Å². The topological polar surface area (TPSA) is 56.5 Å². The zero-order valence-electron chi connectivity index (χ0n) is 27.9. The summed E-state index contributed by atoms with van der Waals surface area (Å²) in [5, 5.41) is 2.26. The van der Waals surface area contributed by atoms with Crippen molar-refractivity contribution in [3.8, 4) is 61.0 Å². The van der Waals surface area contributed by atoms with Gasteiger partial charge in [-0.1, -0.05) is 109 Å². The van der Waals surface area contributed by atoms with Crippen LogP contribution in [0.4, 0.5) is 0 Å². The molecule has 5 aromatic heterocycles. The molecule has 0 saturated carbocycles. The second-order valence-corrected chi connectivity index (χ2v) is 13.7. The van der Waals surface area contributed by atoms with Gasteiger partial charge in [0.15, 0.2) is 0 Å². The molecule has 5 heterocycles. The van der Waals surface area contributed by atoms with Crippen molar-refractivity contribution in [2.45, 2.75) is 0 Å². The number of hydrogen-bond acceptors (Lipinski definition) is 5. The molecule has 0 aliphatic carbocycles. The minimum Gasteiger partial charge on any atom is -0.292 e. The average Bonchev–Trinajstić information content (AvgIpc) is 3.82. The number of hydrogen-bond donors (Lipinski definition) is 0. The highest BCUT2D eigenvalue weighted by molar-refractivity contribution is 7.24. The number of imidazole rings is 1. The Kier molecular flexibility index (Phi) is 7.25. The third kappa shape index (κ3) is 5.08. The number of pyridine rings is 3. The molecule has 52 heavy (non-hydrogen) atoms. The lowest BCUT2D eigenvalue weighted by Gasteiger charge is -2.12. The van der Waals surface area contributed by atoms with Crippen molar-refractivity contribution in [1.29, 1.82) is 0 Å². The minimum atomic E-state index is 0.917. The molecular weight excluding hydrogens is 655 g/mol. The van der Waals surface area contributed by atoms with Gasteiger partial charge in [0, 0.05) is 78.6 Å². The van der Waals surface area contributed by atoms with Crippen molar-refractivity contribution >= 4 is 43.4 Å². The first-order valence-electron chi connectivity index (χ1n) is 17.2. The van der Waals surface area contributed by atoms with Gasteiger partial charge in [-0.25, -0.2) is 9.97 Å². The van der Waals surface area contributed by atoms with Crippen molar-refractivity contribution in [1.82, 2.24) is 24.5 Å². The first-order chi connectivity index (χ1) is 25.8. The Balaban J connectivity index is 1.14. The second kappa shape index (κ2) is 12.5. The maximum absolute atomic E-state index is 5.44. The monoisotopic (exact) mass is 683 g/mol. The van der Waals surface area contributed by atoms with E-state index in [1.54, 1.807) is 11.3 Å². The molecule has 0 aliphatic rings. The lowest BCUT2D eigenvalue weighted by molar-refractivity contribution is 1.10. The average molecular weight is 684 g/mol. The number of nitrogens with zero attached hydrogens (tertiary/aromatic N) is 5. The molecule has 0 N–H and O–H groups in total. The zero-order valence-corrected chi connectivity index (χ0v) is 28.7. The van der Waals surface area contributed by atoms with Crippen LogP contribution in [0.25, 0.3) is 93.0 Å². The highest BCUT2D eigenvalue weighted by Crippen LogP contribution is 2.50. The SMILES string of the molecule is c1ccc(-c2nc3cc(-c4ccc(-c5nc6ccccc6n5-c5ccccc5)cc4)ccc3c3sc(-c4cccnc4)c(-c4cccnc4)c23)cc1. The fraction of sp³-hybridized carbons (Fsp3) is 0. The summed E-state index contributed by atoms with van der Waals surface area (Å²) >= 11 is 1.80. The molecular formula is C46H29N5S. The molecule has 0 spiro atoms. The van der Waals surface area contributed by atoms with Gasteiger partial charge in [0.2, 0.25) is 0 Å². The lowest BCUT2D eigenvalue weighted by Crippen LogP contribution is -1.97. The van der Waals surface area contributed by atoms with Crippen LogP contribution in [-0.4, -0.2) is 24.5 Å². The molecule has 6 heteroatoms. The number of rotatable bonds is 6. The lowest BCUT2D eigenvalue weighted by atomic mass is 9.95. The van der Waals surface area contributed by atoms with Crippen LogP contribution in [0.1, 0.15) is 0 Å². The molecule has 0 amide bonds. The van der Waals surface area contributed by atoms with Gasteiger partial charge in [-0.2, -0.15) is 0 Å². The number of aromatic nitrogens is 5. The summed E-state index contributed by atoms with van der Waals surface area (Å²) in [4.78, 5) is 20.7. The largest absolute Gasteiger partial charge is 0.292 e. The number of para-hydroxylation sites is 3. The molecule has 0 atom stereocenters. The van der Waals surface area contributed by atoms with E-state index in [-0.39, 0.29) is 0 Å². The summed E-state index contributed by atoms with van der Waals surface area (Å²) < 4.78 is 3.43. The van der Waals surface area contributed by atoms with Gasteiger partial charge < -0.3 is 0 Å². The summed E-state index contributed by atoms with van der Waals surface area (Å²) in [6.45, 7) is 0. The summed E-state index contributed by atoms with van der Waals surface area (Å²) in [5.41, 5.74) is 12.7. The van der Waals surface area contributed by atoms with Crippen LogP contribution in [0.15, 0.2) is 176 Å². The summed E-state index contributed by atoms with van der Waals surface area (Å²) in [5.74, 6) is 0.917. The van der Waals surface area contributed by atoms with Gasteiger partial charge in [0.25, 0.3) is 0 Å². The highest BCUT2D eigenvalue weighted by Gasteiger charge is 2.23. The van der Waals surface area contributed by atoms with Crippen LogP contribution in [0.5, 0.6) is 0 Å². The number of thiophene rings is 1. The molecule has 0 unspecified atom stereocenters. The normalized spacial score (nSPS) is 11.5. The van der Waals surface area contributed by atoms with Crippen molar-refractivity contribution in [2.75, 3.05) is 0 Å². The first-order valence-corrected chi connectivity index (χ1v) is 18.0. The van der Waals surface area contributed by atoms with Crippen LogP contribution < -0.4 is 0 Å². The maximum atomic E-state index is 5.44. The van der Waals surface area contributed by atoms with Crippen molar-refractivity contribution in [3.63, 3.8) is 0 Å². The van der Waals surface area contributed by atoms with Crippen LogP contribution in [-0.2, 0) is 0 Å². The number of benzene rings is 5. The molecule has 0 bridgehead atoms. The van der Waals surface area contributed by atoms with E-state index < -0.39 is 0 Å². The van der Waals surface area contributed by atoms with Gasteiger partial charge >= 0.3 is 0 Å². The summed E-state index contributed by atoms with van der Waals surface area (Å²) in [6, 6.07) is 52.9. The Morgan fingerprint density at radius 3 is 1.88 bits per heavy atom. The third-order valence-corrected chi connectivity index (χ3v) is 10.9. The molecule has 0 saturated heterocycles. The molecule has 0 radical (unpaired) electrons. The fourth-order valence-electron chi connectivity index (χ4n) is 7.18. The van der Waals surface area contributed by atoms with E-state index in [0.717, 1.165) is 88.3 Å². The Bertz CT molecular complexity index is 2870. The van der Waals surface area contributed by atoms with Gasteiger partial charge in [0.1, 0.15) is 5.82 Å². The van der Waals surface area contributed by atoms with Crippen LogP contribution in [0.2, 0.25) is 0 Å². The number of fused-ring (bicyclic) bond motifs is 4. The first kappa shape index (κ1) is 30.1. The van der Waals surface area contributed by atoms with Gasteiger partial charge in [-0.05, 0) is 53.6 Å². The third-order valence-electron chi connectivity index (χ3n) is 9.59. The molecule has 10 aromatic rings. The second-order valence-electron chi connectivity index (χ2n) is 12.7. The molecule has 0 aliphatic heterocycles. The Hall–Kier alpha value is -6.76. The van der Waals surface area contributed by atoms with Crippen molar-refractivity contribution < 1.29 is 0 Å². The van der Waals surface area contributed by atoms with E-state index in [0.29, 0.717) is 0 Å².